The number of rotatable bonds is 12. The van der Waals surface area contributed by atoms with Crippen LogP contribution in [0.15, 0.2) is 29.8 Å². The van der Waals surface area contributed by atoms with E-state index in [9.17, 15) is 24.3 Å². The first kappa shape index (κ1) is 33.2. The SMILES string of the molecule is CC(=O)N[C@H](C(=O)N1C[C@H](O)C[C@H]1C(=O)N[C@@H](C)c1ccc(-c2scnc2C(=O)NCCCCCN)cc1)C(C)(C)C. The van der Waals surface area contributed by atoms with Crippen LogP contribution in [0, 0.1) is 5.41 Å². The summed E-state index contributed by atoms with van der Waals surface area (Å²) in [6, 6.07) is 5.46. The standard InChI is InChI=1S/C30H44N6O5S/c1-18(34-27(39)23-15-22(38)16-36(23)29(41)26(30(3,4)5)35-19(2)37)20-9-11-21(12-10-20)25-24(33-17-42-25)28(40)32-14-8-6-7-13-31/h9-12,17-18,22-23,26,38H,6-8,13-16,31H2,1-5H3,(H,32,40)(H,34,39)(H,35,37)/t18-,22+,23-,26+/m0/s1. The number of aliphatic hydroxyl groups excluding tert-OH is 1. The Morgan fingerprint density at radius 3 is 2.43 bits per heavy atom. The van der Waals surface area contributed by atoms with Gasteiger partial charge in [0.05, 0.1) is 22.5 Å². The molecule has 2 heterocycles. The average molecular weight is 601 g/mol. The zero-order valence-electron chi connectivity index (χ0n) is 25.1. The Morgan fingerprint density at radius 1 is 1.12 bits per heavy atom. The maximum absolute atomic E-state index is 13.5. The third-order valence-corrected chi connectivity index (χ3v) is 8.18. The largest absolute Gasteiger partial charge is 0.391 e. The van der Waals surface area contributed by atoms with Crippen LogP contribution in [-0.2, 0) is 14.4 Å². The number of thiazole rings is 1. The number of amides is 4. The number of aliphatic hydroxyl groups is 1. The Labute approximate surface area is 251 Å². The average Bonchev–Trinajstić information content (AvgIpc) is 3.58. The number of nitrogens with two attached hydrogens (primary N) is 1. The fourth-order valence-corrected chi connectivity index (χ4v) is 5.78. The lowest BCUT2D eigenvalue weighted by Gasteiger charge is -2.35. The summed E-state index contributed by atoms with van der Waals surface area (Å²) in [5, 5.41) is 18.9. The molecule has 1 aromatic carbocycles. The molecule has 0 unspecified atom stereocenters. The van der Waals surface area contributed by atoms with Crippen molar-refractivity contribution in [2.24, 2.45) is 11.1 Å². The number of unbranched alkanes of at least 4 members (excludes halogenated alkanes) is 2. The first-order chi connectivity index (χ1) is 19.8. The Bertz CT molecular complexity index is 1240. The summed E-state index contributed by atoms with van der Waals surface area (Å²) in [7, 11) is 0. The number of nitrogens with one attached hydrogen (secondary N) is 3. The second kappa shape index (κ2) is 14.7. The minimum atomic E-state index is -0.860. The van der Waals surface area contributed by atoms with Gasteiger partial charge in [0.15, 0.2) is 0 Å². The molecular weight excluding hydrogens is 556 g/mol. The zero-order valence-corrected chi connectivity index (χ0v) is 25.9. The molecule has 6 N–H and O–H groups in total. The number of β-amino-alcohol motifs (C(OH)–C–C–N with tert-alkyl or cyclic N) is 1. The second-order valence-electron chi connectivity index (χ2n) is 11.9. The van der Waals surface area contributed by atoms with Gasteiger partial charge in [0.2, 0.25) is 17.7 Å². The minimum Gasteiger partial charge on any atom is -0.391 e. The molecule has 1 saturated heterocycles. The molecule has 4 atom stereocenters. The number of aromatic nitrogens is 1. The molecule has 0 radical (unpaired) electrons. The van der Waals surface area contributed by atoms with Gasteiger partial charge < -0.3 is 31.7 Å². The maximum atomic E-state index is 13.5. The lowest BCUT2D eigenvalue weighted by molar-refractivity contribution is -0.144. The number of carbonyl (C=O) groups is 4. The van der Waals surface area contributed by atoms with Crippen molar-refractivity contribution in [2.75, 3.05) is 19.6 Å². The van der Waals surface area contributed by atoms with Crippen molar-refractivity contribution in [1.82, 2.24) is 25.8 Å². The molecule has 4 amide bonds. The summed E-state index contributed by atoms with van der Waals surface area (Å²) in [5.74, 6) is -1.33. The molecule has 1 aliphatic rings. The van der Waals surface area contributed by atoms with E-state index in [0.29, 0.717) is 18.8 Å². The van der Waals surface area contributed by atoms with Crippen LogP contribution in [0.2, 0.25) is 0 Å². The number of hydrogen-bond acceptors (Lipinski definition) is 8. The van der Waals surface area contributed by atoms with E-state index >= 15 is 0 Å². The van der Waals surface area contributed by atoms with Gasteiger partial charge in [0.1, 0.15) is 17.8 Å². The molecule has 0 bridgehead atoms. The molecule has 0 spiro atoms. The van der Waals surface area contributed by atoms with Gasteiger partial charge in [-0.05, 0) is 42.9 Å². The summed E-state index contributed by atoms with van der Waals surface area (Å²) >= 11 is 1.38. The third kappa shape index (κ3) is 8.59. The highest BCUT2D eigenvalue weighted by atomic mass is 32.1. The Hall–Kier alpha value is -3.35. The number of nitrogens with zero attached hydrogens (tertiary/aromatic N) is 2. The molecule has 0 aliphatic carbocycles. The van der Waals surface area contributed by atoms with Crippen LogP contribution in [0.4, 0.5) is 0 Å². The van der Waals surface area contributed by atoms with Crippen molar-refractivity contribution in [3.8, 4) is 10.4 Å². The van der Waals surface area contributed by atoms with E-state index in [-0.39, 0.29) is 36.7 Å². The topological polar surface area (TPSA) is 167 Å². The fourth-order valence-electron chi connectivity index (χ4n) is 4.98. The van der Waals surface area contributed by atoms with Crippen molar-refractivity contribution in [1.29, 1.82) is 0 Å². The molecule has 230 valence electrons. The van der Waals surface area contributed by atoms with E-state index in [0.717, 1.165) is 35.3 Å². The van der Waals surface area contributed by atoms with Crippen molar-refractivity contribution < 1.29 is 24.3 Å². The van der Waals surface area contributed by atoms with Gasteiger partial charge in [-0.1, -0.05) is 51.5 Å². The van der Waals surface area contributed by atoms with Crippen molar-refractivity contribution in [2.45, 2.75) is 84.5 Å². The highest BCUT2D eigenvalue weighted by molar-refractivity contribution is 7.13. The Kier molecular flexibility index (Phi) is 11.6. The van der Waals surface area contributed by atoms with Crippen molar-refractivity contribution in [3.63, 3.8) is 0 Å². The van der Waals surface area contributed by atoms with Crippen LogP contribution in [0.1, 0.15) is 82.4 Å². The van der Waals surface area contributed by atoms with Gasteiger partial charge in [-0.25, -0.2) is 4.98 Å². The maximum Gasteiger partial charge on any atom is 0.271 e. The third-order valence-electron chi connectivity index (χ3n) is 7.31. The smallest absolute Gasteiger partial charge is 0.271 e. The molecular formula is C30H44N6O5S. The molecule has 12 heteroatoms. The van der Waals surface area contributed by atoms with Gasteiger partial charge >= 0.3 is 0 Å². The summed E-state index contributed by atoms with van der Waals surface area (Å²) in [6.07, 6.45) is 2.02. The van der Waals surface area contributed by atoms with E-state index in [2.05, 4.69) is 20.9 Å². The highest BCUT2D eigenvalue weighted by Crippen LogP contribution is 2.30. The lowest BCUT2D eigenvalue weighted by Crippen LogP contribution is -2.57. The quantitative estimate of drug-likeness (QED) is 0.233. The van der Waals surface area contributed by atoms with Crippen LogP contribution in [-0.4, -0.2) is 76.4 Å². The molecule has 1 fully saturated rings. The van der Waals surface area contributed by atoms with E-state index in [1.165, 1.54) is 23.2 Å². The van der Waals surface area contributed by atoms with Crippen molar-refractivity contribution in [3.05, 3.63) is 41.0 Å². The summed E-state index contributed by atoms with van der Waals surface area (Å²) in [5.41, 5.74) is 8.64. The van der Waals surface area contributed by atoms with Gasteiger partial charge in [-0.3, -0.25) is 19.2 Å². The molecule has 3 rings (SSSR count). The number of likely N-dealkylation sites (tertiary alicyclic amines) is 1. The first-order valence-electron chi connectivity index (χ1n) is 14.4. The van der Waals surface area contributed by atoms with Crippen LogP contribution in [0.25, 0.3) is 10.4 Å². The first-order valence-corrected chi connectivity index (χ1v) is 15.3. The molecule has 2 aromatic rings. The number of carbonyl (C=O) groups excluding carboxylic acids is 4. The van der Waals surface area contributed by atoms with E-state index in [1.807, 2.05) is 52.0 Å². The Balaban J connectivity index is 1.66. The van der Waals surface area contributed by atoms with E-state index < -0.39 is 29.5 Å². The monoisotopic (exact) mass is 600 g/mol. The van der Waals surface area contributed by atoms with Crippen LogP contribution in [0.3, 0.4) is 0 Å². The van der Waals surface area contributed by atoms with Gasteiger partial charge in [-0.2, -0.15) is 0 Å². The normalized spacial score (nSPS) is 18.3. The summed E-state index contributed by atoms with van der Waals surface area (Å²) in [4.78, 5) is 57.7. The molecule has 1 aliphatic heterocycles. The predicted octanol–water partition coefficient (Wildman–Crippen LogP) is 2.36. The second-order valence-corrected chi connectivity index (χ2v) is 12.7. The van der Waals surface area contributed by atoms with Crippen LogP contribution in [0.5, 0.6) is 0 Å². The Morgan fingerprint density at radius 2 is 1.81 bits per heavy atom. The molecule has 0 saturated carbocycles. The predicted molar refractivity (Wildman–Crippen MR) is 163 cm³/mol. The number of benzene rings is 1. The highest BCUT2D eigenvalue weighted by Gasteiger charge is 2.44. The van der Waals surface area contributed by atoms with E-state index in [1.54, 1.807) is 5.51 Å². The van der Waals surface area contributed by atoms with Crippen LogP contribution >= 0.6 is 11.3 Å². The van der Waals surface area contributed by atoms with E-state index in [4.69, 9.17) is 5.73 Å². The zero-order chi connectivity index (χ0) is 31.0. The minimum absolute atomic E-state index is 0.0185. The van der Waals surface area contributed by atoms with Gasteiger partial charge in [-0.15, -0.1) is 11.3 Å². The van der Waals surface area contributed by atoms with Crippen molar-refractivity contribution >= 4 is 35.0 Å². The molecule has 11 nitrogen and oxygen atoms in total. The summed E-state index contributed by atoms with van der Waals surface area (Å²) in [6.45, 7) is 9.93. The summed E-state index contributed by atoms with van der Waals surface area (Å²) < 4.78 is 0. The molecule has 42 heavy (non-hydrogen) atoms. The number of hydrogen-bond donors (Lipinski definition) is 5. The lowest BCUT2D eigenvalue weighted by atomic mass is 9.85. The van der Waals surface area contributed by atoms with Crippen LogP contribution < -0.4 is 21.7 Å². The molecule has 1 aromatic heterocycles. The van der Waals surface area contributed by atoms with Gasteiger partial charge in [0, 0.05) is 26.4 Å². The van der Waals surface area contributed by atoms with Gasteiger partial charge in [0.25, 0.3) is 5.91 Å². The fraction of sp³-hybridized carbons (Fsp3) is 0.567.